The molecule has 1 amide bonds. The Bertz CT molecular complexity index is 893. The molecule has 0 saturated heterocycles. The van der Waals surface area contributed by atoms with Crippen molar-refractivity contribution < 1.29 is 22.7 Å². The molecule has 0 radical (unpaired) electrons. The monoisotopic (exact) mass is 362 g/mol. The predicted octanol–water partition coefficient (Wildman–Crippen LogP) is 2.49. The van der Waals surface area contributed by atoms with Gasteiger partial charge in [0.15, 0.2) is 0 Å². The smallest absolute Gasteiger partial charge is 0.338 e. The van der Waals surface area contributed by atoms with Gasteiger partial charge in [-0.15, -0.1) is 0 Å². The SMILES string of the molecule is CCOC(=O)c1cccc(NC(=O)c2ccccc2NS(C)(=O)=O)c1. The molecule has 2 aromatic rings. The lowest BCUT2D eigenvalue weighted by Crippen LogP contribution is -2.17. The van der Waals surface area contributed by atoms with Crippen LogP contribution < -0.4 is 10.0 Å². The Labute approximate surface area is 146 Å². The number of carbonyl (C=O) groups is 2. The molecule has 0 heterocycles. The minimum atomic E-state index is -3.52. The highest BCUT2D eigenvalue weighted by Gasteiger charge is 2.15. The number of benzene rings is 2. The van der Waals surface area contributed by atoms with Gasteiger partial charge in [0.25, 0.3) is 5.91 Å². The van der Waals surface area contributed by atoms with E-state index >= 15 is 0 Å². The third-order valence-electron chi connectivity index (χ3n) is 3.10. The highest BCUT2D eigenvalue weighted by atomic mass is 32.2. The molecule has 0 spiro atoms. The van der Waals surface area contributed by atoms with Gasteiger partial charge in [0.2, 0.25) is 10.0 Å². The topological polar surface area (TPSA) is 102 Å². The van der Waals surface area contributed by atoms with Crippen LogP contribution in [0.25, 0.3) is 0 Å². The number of sulfonamides is 1. The number of nitrogens with one attached hydrogen (secondary N) is 2. The minimum Gasteiger partial charge on any atom is -0.462 e. The first-order chi connectivity index (χ1) is 11.8. The highest BCUT2D eigenvalue weighted by Crippen LogP contribution is 2.19. The van der Waals surface area contributed by atoms with E-state index in [0.29, 0.717) is 11.3 Å². The van der Waals surface area contributed by atoms with E-state index in [2.05, 4.69) is 10.0 Å². The zero-order chi connectivity index (χ0) is 18.4. The first kappa shape index (κ1) is 18.5. The lowest BCUT2D eigenvalue weighted by Gasteiger charge is -2.11. The van der Waals surface area contributed by atoms with E-state index < -0.39 is 21.9 Å². The fourth-order valence-corrected chi connectivity index (χ4v) is 2.68. The van der Waals surface area contributed by atoms with Gasteiger partial charge in [-0.2, -0.15) is 0 Å². The van der Waals surface area contributed by atoms with Crippen molar-refractivity contribution in [3.05, 3.63) is 59.7 Å². The Morgan fingerprint density at radius 2 is 1.80 bits per heavy atom. The fraction of sp³-hybridized carbons (Fsp3) is 0.176. The molecule has 132 valence electrons. The van der Waals surface area contributed by atoms with Crippen LogP contribution in [0.1, 0.15) is 27.6 Å². The van der Waals surface area contributed by atoms with Crippen LogP contribution in [0.15, 0.2) is 48.5 Å². The number of rotatable bonds is 6. The molecule has 0 aliphatic rings. The molecule has 0 aliphatic heterocycles. The summed E-state index contributed by atoms with van der Waals surface area (Å²) in [6.45, 7) is 1.95. The summed E-state index contributed by atoms with van der Waals surface area (Å²) >= 11 is 0. The first-order valence-electron chi connectivity index (χ1n) is 7.45. The number of esters is 1. The summed E-state index contributed by atoms with van der Waals surface area (Å²) in [7, 11) is -3.52. The summed E-state index contributed by atoms with van der Waals surface area (Å²) in [5, 5.41) is 2.64. The number of amides is 1. The van der Waals surface area contributed by atoms with Crippen LogP contribution >= 0.6 is 0 Å². The molecule has 0 bridgehead atoms. The van der Waals surface area contributed by atoms with Gasteiger partial charge in [-0.3, -0.25) is 9.52 Å². The van der Waals surface area contributed by atoms with Gasteiger partial charge in [0, 0.05) is 5.69 Å². The van der Waals surface area contributed by atoms with E-state index in [1.54, 1.807) is 37.3 Å². The van der Waals surface area contributed by atoms with Gasteiger partial charge in [0.1, 0.15) is 0 Å². The number of para-hydroxylation sites is 1. The standard InChI is InChI=1S/C17H18N2O5S/c1-3-24-17(21)12-7-6-8-13(11-12)18-16(20)14-9-4-5-10-15(14)19-25(2,22)23/h4-11,19H,3H2,1-2H3,(H,18,20). The molecule has 2 rings (SSSR count). The van der Waals surface area contributed by atoms with Crippen LogP contribution in [0.3, 0.4) is 0 Å². The third-order valence-corrected chi connectivity index (χ3v) is 3.69. The van der Waals surface area contributed by atoms with Gasteiger partial charge in [0.05, 0.1) is 29.7 Å². The van der Waals surface area contributed by atoms with Crippen LogP contribution in [0, 0.1) is 0 Å². The Morgan fingerprint density at radius 1 is 1.08 bits per heavy atom. The quantitative estimate of drug-likeness (QED) is 0.769. The van der Waals surface area contributed by atoms with Crippen LogP contribution in [0.2, 0.25) is 0 Å². The summed E-state index contributed by atoms with van der Waals surface area (Å²) in [5.41, 5.74) is 1.03. The molecule has 0 aliphatic carbocycles. The average molecular weight is 362 g/mol. The van der Waals surface area contributed by atoms with E-state index in [0.717, 1.165) is 6.26 Å². The van der Waals surface area contributed by atoms with E-state index in [1.807, 2.05) is 0 Å². The van der Waals surface area contributed by atoms with E-state index in [4.69, 9.17) is 4.74 Å². The van der Waals surface area contributed by atoms with Crippen LogP contribution in [-0.2, 0) is 14.8 Å². The van der Waals surface area contributed by atoms with E-state index in [1.165, 1.54) is 18.2 Å². The van der Waals surface area contributed by atoms with Crippen LogP contribution in [0.5, 0.6) is 0 Å². The second kappa shape index (κ2) is 7.80. The Morgan fingerprint density at radius 3 is 2.48 bits per heavy atom. The highest BCUT2D eigenvalue weighted by molar-refractivity contribution is 7.92. The Balaban J connectivity index is 2.23. The third kappa shape index (κ3) is 5.32. The zero-order valence-corrected chi connectivity index (χ0v) is 14.6. The maximum absolute atomic E-state index is 12.5. The van der Waals surface area contributed by atoms with Crippen molar-refractivity contribution in [1.29, 1.82) is 0 Å². The molecule has 2 aromatic carbocycles. The summed E-state index contributed by atoms with van der Waals surface area (Å²) in [4.78, 5) is 24.2. The van der Waals surface area contributed by atoms with Crippen molar-refractivity contribution in [2.45, 2.75) is 6.92 Å². The van der Waals surface area contributed by atoms with Gasteiger partial charge in [-0.1, -0.05) is 18.2 Å². The lowest BCUT2D eigenvalue weighted by molar-refractivity contribution is 0.0526. The summed E-state index contributed by atoms with van der Waals surface area (Å²) in [6.07, 6.45) is 1.00. The molecule has 2 N–H and O–H groups in total. The van der Waals surface area contributed by atoms with Crippen LogP contribution in [-0.4, -0.2) is 33.2 Å². The Hall–Kier alpha value is -2.87. The van der Waals surface area contributed by atoms with Gasteiger partial charge >= 0.3 is 5.97 Å². The van der Waals surface area contributed by atoms with Crippen molar-refractivity contribution >= 4 is 33.3 Å². The van der Waals surface area contributed by atoms with E-state index in [-0.39, 0.29) is 17.9 Å². The van der Waals surface area contributed by atoms with Crippen molar-refractivity contribution in [3.8, 4) is 0 Å². The molecular weight excluding hydrogens is 344 g/mol. The number of anilines is 2. The molecule has 0 atom stereocenters. The number of hydrogen-bond donors (Lipinski definition) is 2. The number of hydrogen-bond acceptors (Lipinski definition) is 5. The van der Waals surface area contributed by atoms with Crippen LogP contribution in [0.4, 0.5) is 11.4 Å². The predicted molar refractivity (Wildman–Crippen MR) is 95.3 cm³/mol. The molecule has 0 aromatic heterocycles. The molecule has 7 nitrogen and oxygen atoms in total. The molecular formula is C17H18N2O5S. The average Bonchev–Trinajstić information content (AvgIpc) is 2.54. The zero-order valence-electron chi connectivity index (χ0n) is 13.8. The minimum absolute atomic E-state index is 0.162. The second-order valence-electron chi connectivity index (χ2n) is 5.18. The molecule has 0 saturated carbocycles. The fourth-order valence-electron chi connectivity index (χ4n) is 2.11. The Kier molecular flexibility index (Phi) is 5.76. The molecule has 25 heavy (non-hydrogen) atoms. The second-order valence-corrected chi connectivity index (χ2v) is 6.92. The summed E-state index contributed by atoms with van der Waals surface area (Å²) in [6, 6.07) is 12.5. The van der Waals surface area contributed by atoms with Gasteiger partial charge in [-0.25, -0.2) is 13.2 Å². The van der Waals surface area contributed by atoms with Gasteiger partial charge in [-0.05, 0) is 37.3 Å². The van der Waals surface area contributed by atoms with E-state index in [9.17, 15) is 18.0 Å². The first-order valence-corrected chi connectivity index (χ1v) is 9.34. The summed E-state index contributed by atoms with van der Waals surface area (Å²) in [5.74, 6) is -0.995. The van der Waals surface area contributed by atoms with Crippen molar-refractivity contribution in [2.24, 2.45) is 0 Å². The molecule has 8 heteroatoms. The van der Waals surface area contributed by atoms with Crippen molar-refractivity contribution in [2.75, 3.05) is 22.9 Å². The maximum Gasteiger partial charge on any atom is 0.338 e. The van der Waals surface area contributed by atoms with Crippen molar-refractivity contribution in [1.82, 2.24) is 0 Å². The molecule has 0 unspecified atom stereocenters. The normalized spacial score (nSPS) is 10.8. The summed E-state index contributed by atoms with van der Waals surface area (Å²) < 4.78 is 30.1. The number of carbonyl (C=O) groups excluding carboxylic acids is 2. The largest absolute Gasteiger partial charge is 0.462 e. The van der Waals surface area contributed by atoms with Gasteiger partial charge < -0.3 is 10.1 Å². The lowest BCUT2D eigenvalue weighted by atomic mass is 10.1. The molecule has 0 fully saturated rings. The maximum atomic E-state index is 12.5. The van der Waals surface area contributed by atoms with Crippen molar-refractivity contribution in [3.63, 3.8) is 0 Å². The number of ether oxygens (including phenoxy) is 1.